The van der Waals surface area contributed by atoms with Gasteiger partial charge in [-0.25, -0.2) is 0 Å². The summed E-state index contributed by atoms with van der Waals surface area (Å²) in [6.07, 6.45) is 0. The molecule has 0 aliphatic heterocycles. The molecule has 0 aliphatic carbocycles. The SMILES string of the molecule is COc1cccc(NC(=O)c2ccccc2NC(=O)COc2cccc(Br)c2)c1. The van der Waals surface area contributed by atoms with E-state index in [2.05, 4.69) is 26.6 Å². The number of halogens is 1. The van der Waals surface area contributed by atoms with Crippen molar-refractivity contribution in [1.82, 2.24) is 0 Å². The molecule has 148 valence electrons. The van der Waals surface area contributed by atoms with E-state index in [9.17, 15) is 9.59 Å². The summed E-state index contributed by atoms with van der Waals surface area (Å²) < 4.78 is 11.5. The Balaban J connectivity index is 1.66. The molecule has 2 amide bonds. The Bertz CT molecular complexity index is 1020. The van der Waals surface area contributed by atoms with Crippen molar-refractivity contribution in [3.05, 3.63) is 82.8 Å². The van der Waals surface area contributed by atoms with Crippen molar-refractivity contribution < 1.29 is 19.1 Å². The largest absolute Gasteiger partial charge is 0.497 e. The van der Waals surface area contributed by atoms with E-state index in [4.69, 9.17) is 9.47 Å². The quantitative estimate of drug-likeness (QED) is 0.540. The molecule has 0 atom stereocenters. The number of carbonyl (C=O) groups excluding carboxylic acids is 2. The second-order valence-corrected chi connectivity index (χ2v) is 6.94. The highest BCUT2D eigenvalue weighted by Crippen LogP contribution is 2.21. The van der Waals surface area contributed by atoms with E-state index in [0.717, 1.165) is 4.47 Å². The number of ether oxygens (including phenoxy) is 2. The van der Waals surface area contributed by atoms with Crippen LogP contribution in [0.3, 0.4) is 0 Å². The van der Waals surface area contributed by atoms with Crippen molar-refractivity contribution >= 4 is 39.1 Å². The fraction of sp³-hybridized carbons (Fsp3) is 0.0909. The fourth-order valence-corrected chi connectivity index (χ4v) is 2.96. The number of hydrogen-bond donors (Lipinski definition) is 2. The van der Waals surface area contributed by atoms with Crippen molar-refractivity contribution in [3.63, 3.8) is 0 Å². The van der Waals surface area contributed by atoms with Gasteiger partial charge in [-0.1, -0.05) is 40.2 Å². The van der Waals surface area contributed by atoms with E-state index in [0.29, 0.717) is 28.4 Å². The molecule has 2 N–H and O–H groups in total. The summed E-state index contributed by atoms with van der Waals surface area (Å²) in [6.45, 7) is -0.178. The molecule has 0 spiro atoms. The number of methoxy groups -OCH3 is 1. The first-order valence-electron chi connectivity index (χ1n) is 8.78. The highest BCUT2D eigenvalue weighted by molar-refractivity contribution is 9.10. The maximum Gasteiger partial charge on any atom is 0.262 e. The lowest BCUT2D eigenvalue weighted by Gasteiger charge is -2.12. The summed E-state index contributed by atoms with van der Waals surface area (Å²) in [5, 5.41) is 5.53. The number of nitrogens with one attached hydrogen (secondary N) is 2. The lowest BCUT2D eigenvalue weighted by atomic mass is 10.1. The first-order chi connectivity index (χ1) is 14.0. The Labute approximate surface area is 177 Å². The number of rotatable bonds is 7. The summed E-state index contributed by atoms with van der Waals surface area (Å²) in [5.74, 6) is 0.487. The van der Waals surface area contributed by atoms with Gasteiger partial charge in [0, 0.05) is 16.2 Å². The Morgan fingerprint density at radius 3 is 2.45 bits per heavy atom. The maximum absolute atomic E-state index is 12.7. The Morgan fingerprint density at radius 2 is 1.66 bits per heavy atom. The van der Waals surface area contributed by atoms with Crippen molar-refractivity contribution in [2.75, 3.05) is 24.4 Å². The maximum atomic E-state index is 12.7. The van der Waals surface area contributed by atoms with Crippen molar-refractivity contribution in [2.45, 2.75) is 0 Å². The van der Waals surface area contributed by atoms with Gasteiger partial charge < -0.3 is 20.1 Å². The molecule has 29 heavy (non-hydrogen) atoms. The number of carbonyl (C=O) groups is 2. The second-order valence-electron chi connectivity index (χ2n) is 6.03. The molecule has 0 heterocycles. The van der Waals surface area contributed by atoms with Gasteiger partial charge in [0.25, 0.3) is 11.8 Å². The molecular formula is C22H19BrN2O4. The summed E-state index contributed by atoms with van der Waals surface area (Å²) in [5.41, 5.74) is 1.33. The molecule has 6 nitrogen and oxygen atoms in total. The number of hydrogen-bond acceptors (Lipinski definition) is 4. The van der Waals surface area contributed by atoms with Gasteiger partial charge in [0.2, 0.25) is 0 Å². The van der Waals surface area contributed by atoms with Crippen molar-refractivity contribution in [2.24, 2.45) is 0 Å². The van der Waals surface area contributed by atoms with Gasteiger partial charge in [0.15, 0.2) is 6.61 Å². The predicted molar refractivity (Wildman–Crippen MR) is 116 cm³/mol. The third-order valence-corrected chi connectivity index (χ3v) is 4.43. The van der Waals surface area contributed by atoms with E-state index in [1.54, 1.807) is 67.8 Å². The zero-order chi connectivity index (χ0) is 20.6. The third-order valence-electron chi connectivity index (χ3n) is 3.94. The average molecular weight is 455 g/mol. The highest BCUT2D eigenvalue weighted by atomic mass is 79.9. The monoisotopic (exact) mass is 454 g/mol. The molecular weight excluding hydrogens is 436 g/mol. The summed E-state index contributed by atoms with van der Waals surface area (Å²) in [4.78, 5) is 25.0. The minimum Gasteiger partial charge on any atom is -0.497 e. The number of para-hydroxylation sites is 1. The summed E-state index contributed by atoms with van der Waals surface area (Å²) in [6, 6.07) is 21.0. The van der Waals surface area contributed by atoms with Gasteiger partial charge in [-0.15, -0.1) is 0 Å². The zero-order valence-corrected chi connectivity index (χ0v) is 17.2. The number of benzene rings is 3. The lowest BCUT2D eigenvalue weighted by molar-refractivity contribution is -0.118. The van der Waals surface area contributed by atoms with Gasteiger partial charge in [-0.2, -0.15) is 0 Å². The molecule has 0 unspecified atom stereocenters. The topological polar surface area (TPSA) is 76.7 Å². The van der Waals surface area contributed by atoms with E-state index in [-0.39, 0.29) is 18.4 Å². The Kier molecular flexibility index (Phi) is 6.86. The van der Waals surface area contributed by atoms with Crippen LogP contribution in [0.4, 0.5) is 11.4 Å². The van der Waals surface area contributed by atoms with E-state index < -0.39 is 0 Å². The van der Waals surface area contributed by atoms with E-state index in [1.807, 2.05) is 12.1 Å². The zero-order valence-electron chi connectivity index (χ0n) is 15.6. The van der Waals surface area contributed by atoms with Crippen molar-refractivity contribution in [1.29, 1.82) is 0 Å². The molecule has 0 aromatic heterocycles. The normalized spacial score (nSPS) is 10.1. The minimum atomic E-state index is -0.369. The third kappa shape index (κ3) is 5.83. The standard InChI is InChI=1S/C22H19BrN2O4/c1-28-17-8-5-7-16(13-17)24-22(27)19-10-2-3-11-20(19)25-21(26)14-29-18-9-4-6-15(23)12-18/h2-13H,14H2,1H3,(H,24,27)(H,25,26). The van der Waals surface area contributed by atoms with Crippen LogP contribution in [0.25, 0.3) is 0 Å². The van der Waals surface area contributed by atoms with Gasteiger partial charge in [-0.3, -0.25) is 9.59 Å². The van der Waals surface area contributed by atoms with E-state index in [1.165, 1.54) is 0 Å². The van der Waals surface area contributed by atoms with Crippen LogP contribution in [0.1, 0.15) is 10.4 Å². The molecule has 0 radical (unpaired) electrons. The van der Waals surface area contributed by atoms with Crippen LogP contribution in [0.5, 0.6) is 11.5 Å². The Hall–Kier alpha value is -3.32. The average Bonchev–Trinajstić information content (AvgIpc) is 2.73. The molecule has 0 saturated heterocycles. The molecule has 0 fully saturated rings. The molecule has 3 aromatic rings. The summed E-state index contributed by atoms with van der Waals surface area (Å²) in [7, 11) is 1.56. The second kappa shape index (κ2) is 9.75. The van der Waals surface area contributed by atoms with Crippen LogP contribution in [0.2, 0.25) is 0 Å². The van der Waals surface area contributed by atoms with E-state index >= 15 is 0 Å². The summed E-state index contributed by atoms with van der Waals surface area (Å²) >= 11 is 3.35. The van der Waals surface area contributed by atoms with Gasteiger partial charge in [0.1, 0.15) is 11.5 Å². The number of anilines is 2. The van der Waals surface area contributed by atoms with Gasteiger partial charge >= 0.3 is 0 Å². The van der Waals surface area contributed by atoms with Gasteiger partial charge in [0.05, 0.1) is 18.4 Å². The smallest absolute Gasteiger partial charge is 0.262 e. The van der Waals surface area contributed by atoms with Gasteiger partial charge in [-0.05, 0) is 42.5 Å². The van der Waals surface area contributed by atoms with Crippen LogP contribution in [-0.2, 0) is 4.79 Å². The number of amides is 2. The molecule has 7 heteroatoms. The van der Waals surface area contributed by atoms with Crippen LogP contribution in [-0.4, -0.2) is 25.5 Å². The molecule has 0 saturated carbocycles. The lowest BCUT2D eigenvalue weighted by Crippen LogP contribution is -2.22. The fourth-order valence-electron chi connectivity index (χ4n) is 2.58. The van der Waals surface area contributed by atoms with Crippen LogP contribution in [0.15, 0.2) is 77.3 Å². The highest BCUT2D eigenvalue weighted by Gasteiger charge is 2.14. The van der Waals surface area contributed by atoms with Crippen LogP contribution >= 0.6 is 15.9 Å². The molecule has 0 aliphatic rings. The first kappa shape index (κ1) is 20.4. The van der Waals surface area contributed by atoms with Crippen LogP contribution < -0.4 is 20.1 Å². The first-order valence-corrected chi connectivity index (χ1v) is 9.57. The molecule has 3 aromatic carbocycles. The molecule has 0 bridgehead atoms. The van der Waals surface area contributed by atoms with Crippen molar-refractivity contribution in [3.8, 4) is 11.5 Å². The predicted octanol–water partition coefficient (Wildman–Crippen LogP) is 4.73. The van der Waals surface area contributed by atoms with Crippen LogP contribution in [0, 0.1) is 0 Å². The Morgan fingerprint density at radius 1 is 0.897 bits per heavy atom. The minimum absolute atomic E-state index is 0.178. The molecule has 3 rings (SSSR count).